The smallest absolute Gasteiger partial charge is 0.338 e. The van der Waals surface area contributed by atoms with Gasteiger partial charge in [0.25, 0.3) is 5.91 Å². The summed E-state index contributed by atoms with van der Waals surface area (Å²) in [5, 5.41) is 6.37. The highest BCUT2D eigenvalue weighted by molar-refractivity contribution is 6.15. The highest BCUT2D eigenvalue weighted by atomic mass is 16.5. The lowest BCUT2D eigenvalue weighted by Gasteiger charge is -2.18. The van der Waals surface area contributed by atoms with Crippen LogP contribution in [0.1, 0.15) is 44.9 Å². The van der Waals surface area contributed by atoms with Gasteiger partial charge in [-0.25, -0.2) is 4.79 Å². The highest BCUT2D eigenvalue weighted by Gasteiger charge is 2.27. The van der Waals surface area contributed by atoms with E-state index in [1.165, 1.54) is 0 Å². The molecule has 0 aliphatic carbocycles. The zero-order valence-electron chi connectivity index (χ0n) is 21.2. The Labute approximate surface area is 225 Å². The van der Waals surface area contributed by atoms with Crippen molar-refractivity contribution in [3.05, 3.63) is 132 Å². The van der Waals surface area contributed by atoms with Gasteiger partial charge in [0.05, 0.1) is 18.1 Å². The number of hydrogen-bond acceptors (Lipinski definition) is 5. The summed E-state index contributed by atoms with van der Waals surface area (Å²) >= 11 is 0. The molecule has 7 heteroatoms. The van der Waals surface area contributed by atoms with E-state index < -0.39 is 17.8 Å². The van der Waals surface area contributed by atoms with E-state index in [0.29, 0.717) is 22.2 Å². The lowest BCUT2D eigenvalue weighted by molar-refractivity contribution is -0.116. The van der Waals surface area contributed by atoms with Gasteiger partial charge in [0, 0.05) is 11.1 Å². The average molecular weight is 519 g/mol. The highest BCUT2D eigenvalue weighted by Crippen LogP contribution is 2.34. The summed E-state index contributed by atoms with van der Waals surface area (Å²) in [7, 11) is 0. The van der Waals surface area contributed by atoms with Gasteiger partial charge < -0.3 is 19.8 Å². The molecule has 4 aromatic carbocycles. The van der Waals surface area contributed by atoms with Crippen LogP contribution in [0.2, 0.25) is 0 Å². The summed E-state index contributed by atoms with van der Waals surface area (Å²) in [5.41, 5.74) is 3.22. The molecule has 2 N–H and O–H groups in total. The molecule has 5 aromatic rings. The molecule has 2 amide bonds. The number of ether oxygens (including phenoxy) is 1. The Balaban J connectivity index is 1.46. The van der Waals surface area contributed by atoms with Gasteiger partial charge in [0.15, 0.2) is 0 Å². The fraction of sp³-hybridized carbons (Fsp3) is 0.0938. The lowest BCUT2D eigenvalue weighted by atomic mass is 9.90. The van der Waals surface area contributed by atoms with Crippen molar-refractivity contribution in [2.24, 2.45) is 0 Å². The zero-order chi connectivity index (χ0) is 27.2. The number of hydrogen-bond donors (Lipinski definition) is 2. The second-order valence-electron chi connectivity index (χ2n) is 8.80. The van der Waals surface area contributed by atoms with E-state index in [1.54, 1.807) is 49.4 Å². The molecule has 0 atom stereocenters. The van der Waals surface area contributed by atoms with E-state index >= 15 is 0 Å². The van der Waals surface area contributed by atoms with Crippen molar-refractivity contribution in [2.45, 2.75) is 12.8 Å². The van der Waals surface area contributed by atoms with E-state index in [2.05, 4.69) is 10.6 Å². The average Bonchev–Trinajstić information content (AvgIpc) is 3.33. The second kappa shape index (κ2) is 11.5. The van der Waals surface area contributed by atoms with Gasteiger partial charge >= 0.3 is 5.97 Å². The molecule has 1 heterocycles. The summed E-state index contributed by atoms with van der Waals surface area (Å²) in [4.78, 5) is 39.1. The third kappa shape index (κ3) is 5.57. The standard InChI is InChI=1S/C32H26N2O5/c1-2-38-32(37)23-17-19-24(20-18-23)33-31(36)29-28(25-15-9-10-16-26(25)39-29)34-30(35)27(21-11-5-3-6-12-21)22-13-7-4-8-14-22/h3-20,27H,2H2,1H3,(H,33,36)(H,34,35). The van der Waals surface area contributed by atoms with Crippen LogP contribution in [-0.4, -0.2) is 24.4 Å². The van der Waals surface area contributed by atoms with Crippen LogP contribution in [0.3, 0.4) is 0 Å². The van der Waals surface area contributed by atoms with Gasteiger partial charge in [-0.05, 0) is 54.4 Å². The van der Waals surface area contributed by atoms with Crippen LogP contribution in [0, 0.1) is 0 Å². The first-order valence-electron chi connectivity index (χ1n) is 12.6. The van der Waals surface area contributed by atoms with E-state index in [-0.39, 0.29) is 24.0 Å². The largest absolute Gasteiger partial charge is 0.462 e. The second-order valence-corrected chi connectivity index (χ2v) is 8.80. The van der Waals surface area contributed by atoms with Crippen LogP contribution in [0.25, 0.3) is 11.0 Å². The van der Waals surface area contributed by atoms with Crippen molar-refractivity contribution >= 4 is 40.1 Å². The Morgan fingerprint density at radius 1 is 0.744 bits per heavy atom. The summed E-state index contributed by atoms with van der Waals surface area (Å²) in [6.45, 7) is 2.01. The molecule has 0 fully saturated rings. The van der Waals surface area contributed by atoms with Crippen molar-refractivity contribution in [3.63, 3.8) is 0 Å². The van der Waals surface area contributed by atoms with E-state index in [0.717, 1.165) is 11.1 Å². The molecule has 39 heavy (non-hydrogen) atoms. The van der Waals surface area contributed by atoms with Crippen LogP contribution in [0.5, 0.6) is 0 Å². The lowest BCUT2D eigenvalue weighted by Crippen LogP contribution is -2.23. The topological polar surface area (TPSA) is 97.6 Å². The maximum atomic E-state index is 13.8. The summed E-state index contributed by atoms with van der Waals surface area (Å²) in [6.07, 6.45) is 0. The van der Waals surface area contributed by atoms with E-state index in [4.69, 9.17) is 9.15 Å². The number of carbonyl (C=O) groups is 3. The molecule has 5 rings (SSSR count). The predicted molar refractivity (Wildman–Crippen MR) is 150 cm³/mol. The molecule has 194 valence electrons. The first-order valence-corrected chi connectivity index (χ1v) is 12.6. The zero-order valence-corrected chi connectivity index (χ0v) is 21.2. The molecule has 1 aromatic heterocycles. The minimum atomic E-state index is -0.604. The number of amides is 2. The fourth-order valence-corrected chi connectivity index (χ4v) is 4.40. The van der Waals surface area contributed by atoms with Gasteiger partial charge in [-0.1, -0.05) is 72.8 Å². The quantitative estimate of drug-likeness (QED) is 0.225. The van der Waals surface area contributed by atoms with E-state index in [9.17, 15) is 14.4 Å². The first-order chi connectivity index (χ1) is 19.0. The van der Waals surface area contributed by atoms with Crippen LogP contribution in [0.15, 0.2) is 114 Å². The number of benzene rings is 4. The molecule has 7 nitrogen and oxygen atoms in total. The van der Waals surface area contributed by atoms with Crippen molar-refractivity contribution < 1.29 is 23.5 Å². The Bertz CT molecular complexity index is 1570. The number of anilines is 2. The van der Waals surface area contributed by atoms with Crippen molar-refractivity contribution in [1.82, 2.24) is 0 Å². The molecule has 0 bridgehead atoms. The maximum absolute atomic E-state index is 13.8. The van der Waals surface area contributed by atoms with E-state index in [1.807, 2.05) is 66.7 Å². The molecule has 0 spiro atoms. The third-order valence-corrected chi connectivity index (χ3v) is 6.23. The number of para-hydroxylation sites is 1. The Hall–Kier alpha value is -5.17. The molecular formula is C32H26N2O5. The first kappa shape index (κ1) is 25.5. The normalized spacial score (nSPS) is 10.8. The number of esters is 1. The number of furan rings is 1. The molecule has 0 saturated heterocycles. The fourth-order valence-electron chi connectivity index (χ4n) is 4.40. The van der Waals surface area contributed by atoms with Crippen molar-refractivity contribution in [1.29, 1.82) is 0 Å². The van der Waals surface area contributed by atoms with Crippen LogP contribution >= 0.6 is 0 Å². The summed E-state index contributed by atoms with van der Waals surface area (Å²) in [6, 6.07) is 32.4. The SMILES string of the molecule is CCOC(=O)c1ccc(NC(=O)c2oc3ccccc3c2NC(=O)C(c2ccccc2)c2ccccc2)cc1. The van der Waals surface area contributed by atoms with Gasteiger partial charge in [-0.2, -0.15) is 0 Å². The molecule has 0 radical (unpaired) electrons. The predicted octanol–water partition coefficient (Wildman–Crippen LogP) is 6.63. The molecule has 0 aliphatic heterocycles. The van der Waals surface area contributed by atoms with Crippen LogP contribution in [0.4, 0.5) is 11.4 Å². The molecule has 0 unspecified atom stereocenters. The molecule has 0 saturated carbocycles. The minimum Gasteiger partial charge on any atom is -0.462 e. The van der Waals surface area contributed by atoms with Gasteiger partial charge in [-0.15, -0.1) is 0 Å². The van der Waals surface area contributed by atoms with Crippen molar-refractivity contribution in [2.75, 3.05) is 17.2 Å². The third-order valence-electron chi connectivity index (χ3n) is 6.23. The molecule has 0 aliphatic rings. The number of carbonyl (C=O) groups excluding carboxylic acids is 3. The Morgan fingerprint density at radius 2 is 1.33 bits per heavy atom. The Kier molecular flexibility index (Phi) is 7.50. The minimum absolute atomic E-state index is 0.0288. The van der Waals surface area contributed by atoms with Gasteiger partial charge in [0.1, 0.15) is 11.3 Å². The van der Waals surface area contributed by atoms with Crippen LogP contribution in [-0.2, 0) is 9.53 Å². The van der Waals surface area contributed by atoms with Crippen LogP contribution < -0.4 is 10.6 Å². The number of fused-ring (bicyclic) bond motifs is 1. The van der Waals surface area contributed by atoms with Gasteiger partial charge in [0.2, 0.25) is 11.7 Å². The Morgan fingerprint density at radius 3 is 1.95 bits per heavy atom. The maximum Gasteiger partial charge on any atom is 0.338 e. The monoisotopic (exact) mass is 518 g/mol. The number of nitrogens with one attached hydrogen (secondary N) is 2. The summed E-state index contributed by atoms with van der Waals surface area (Å²) in [5.74, 6) is -1.91. The van der Waals surface area contributed by atoms with Crippen molar-refractivity contribution in [3.8, 4) is 0 Å². The number of rotatable bonds is 8. The molecular weight excluding hydrogens is 492 g/mol. The summed E-state index contributed by atoms with van der Waals surface area (Å²) < 4.78 is 10.9. The van der Waals surface area contributed by atoms with Gasteiger partial charge in [-0.3, -0.25) is 9.59 Å².